The molecule has 174 valence electrons. The number of phenols is 1. The monoisotopic (exact) mass is 516 g/mol. The second kappa shape index (κ2) is 8.81. The predicted molar refractivity (Wildman–Crippen MR) is 135 cm³/mol. The van der Waals surface area contributed by atoms with Crippen LogP contribution < -0.4 is 4.74 Å². The smallest absolute Gasteiger partial charge is 0.295 e. The van der Waals surface area contributed by atoms with Crippen molar-refractivity contribution in [1.82, 2.24) is 9.97 Å². The number of imidazole rings is 1. The number of fused-ring (bicyclic) bond motifs is 3. The van der Waals surface area contributed by atoms with E-state index < -0.39 is 10.1 Å². The maximum absolute atomic E-state index is 12.0. The lowest BCUT2D eigenvalue weighted by molar-refractivity contribution is 0.416. The zero-order chi connectivity index (χ0) is 23.3. The van der Waals surface area contributed by atoms with Gasteiger partial charge in [-0.1, -0.05) is 41.9 Å². The Morgan fingerprint density at radius 2 is 1.74 bits per heavy atom. The van der Waals surface area contributed by atoms with Crippen LogP contribution in [-0.2, 0) is 10.1 Å². The minimum atomic E-state index is -4.54. The molecule has 0 saturated heterocycles. The van der Waals surface area contributed by atoms with Gasteiger partial charge in [-0.3, -0.25) is 4.55 Å². The van der Waals surface area contributed by atoms with Crippen LogP contribution >= 0.6 is 24.0 Å². The Labute approximate surface area is 206 Å². The van der Waals surface area contributed by atoms with E-state index in [0.29, 0.717) is 33.2 Å². The Hall–Kier alpha value is -3.30. The molecular formula is C24H18Cl2N2O5S. The average molecular weight is 517 g/mol. The van der Waals surface area contributed by atoms with Gasteiger partial charge in [0.15, 0.2) is 0 Å². The molecular weight excluding hydrogens is 499 g/mol. The number of nitrogens with one attached hydrogen (secondary N) is 1. The second-order valence-electron chi connectivity index (χ2n) is 7.46. The van der Waals surface area contributed by atoms with Crippen LogP contribution in [0, 0.1) is 0 Å². The van der Waals surface area contributed by atoms with Gasteiger partial charge >= 0.3 is 0 Å². The van der Waals surface area contributed by atoms with E-state index in [1.807, 2.05) is 36.4 Å². The fourth-order valence-electron chi connectivity index (χ4n) is 3.96. The molecule has 4 aromatic carbocycles. The number of hydrogen-bond donors (Lipinski definition) is 3. The largest absolute Gasteiger partial charge is 0.507 e. The summed E-state index contributed by atoms with van der Waals surface area (Å²) in [5.74, 6) is 0.802. The average Bonchev–Trinajstić information content (AvgIpc) is 3.21. The highest BCUT2D eigenvalue weighted by molar-refractivity contribution is 7.86. The van der Waals surface area contributed by atoms with E-state index in [2.05, 4.69) is 9.97 Å². The summed E-state index contributed by atoms with van der Waals surface area (Å²) in [7, 11) is -3.00. The van der Waals surface area contributed by atoms with E-state index in [1.54, 1.807) is 13.2 Å². The highest BCUT2D eigenvalue weighted by Crippen LogP contribution is 2.39. The van der Waals surface area contributed by atoms with Gasteiger partial charge in [-0.15, -0.1) is 12.4 Å². The minimum Gasteiger partial charge on any atom is -0.507 e. The number of aromatic nitrogens is 2. The third kappa shape index (κ3) is 4.05. The SMILES string of the molecule is COc1cc(-c2cccc(Cl)c2)ccc1-c1nc2c(cc(S(=O)(=O)O)c3cccc(O)c32)[nH]1.Cl. The molecule has 0 aliphatic carbocycles. The Morgan fingerprint density at radius 3 is 2.44 bits per heavy atom. The van der Waals surface area contributed by atoms with Gasteiger partial charge in [-0.2, -0.15) is 8.42 Å². The van der Waals surface area contributed by atoms with Crippen LogP contribution in [-0.4, -0.2) is 35.2 Å². The van der Waals surface area contributed by atoms with Gasteiger partial charge in [0.2, 0.25) is 0 Å². The summed E-state index contributed by atoms with van der Waals surface area (Å²) in [6.45, 7) is 0. The van der Waals surface area contributed by atoms with Crippen molar-refractivity contribution in [3.8, 4) is 34.0 Å². The van der Waals surface area contributed by atoms with Crippen molar-refractivity contribution in [1.29, 1.82) is 0 Å². The standard InChI is InChI=1S/C24H17ClN2O5S.ClH/c1-32-20-11-14(13-4-2-5-15(25)10-13)8-9-16(20)24-26-18-12-21(33(29,30)31)17-6-3-7-19(28)22(17)23(18)27-24;/h2-12,28H,1H3,(H,26,27)(H,29,30,31);1H. The Bertz CT molecular complexity index is 1670. The number of phenolic OH excluding ortho intramolecular Hbond substituents is 1. The zero-order valence-electron chi connectivity index (χ0n) is 17.6. The summed E-state index contributed by atoms with van der Waals surface area (Å²) in [4.78, 5) is 7.40. The molecule has 34 heavy (non-hydrogen) atoms. The first kappa shape index (κ1) is 23.8. The molecule has 0 spiro atoms. The molecule has 0 fully saturated rings. The van der Waals surface area contributed by atoms with E-state index in [-0.39, 0.29) is 33.8 Å². The number of benzene rings is 4. The lowest BCUT2D eigenvalue weighted by Gasteiger charge is -2.09. The molecule has 0 saturated carbocycles. The molecule has 1 heterocycles. The predicted octanol–water partition coefficient (Wildman–Crippen LogP) is 6.09. The van der Waals surface area contributed by atoms with Gasteiger partial charge in [-0.25, -0.2) is 4.98 Å². The summed E-state index contributed by atoms with van der Waals surface area (Å²) in [6.07, 6.45) is 0. The van der Waals surface area contributed by atoms with Crippen LogP contribution in [0.3, 0.4) is 0 Å². The molecule has 0 bridgehead atoms. The number of halogens is 2. The quantitative estimate of drug-likeness (QED) is 0.249. The topological polar surface area (TPSA) is 113 Å². The molecule has 3 N–H and O–H groups in total. The maximum Gasteiger partial charge on any atom is 0.295 e. The molecule has 0 radical (unpaired) electrons. The number of H-pyrrole nitrogens is 1. The molecule has 0 aliphatic rings. The lowest BCUT2D eigenvalue weighted by Crippen LogP contribution is -1.99. The van der Waals surface area contributed by atoms with Gasteiger partial charge in [0.1, 0.15) is 27.7 Å². The minimum absolute atomic E-state index is 0. The van der Waals surface area contributed by atoms with Gasteiger partial charge in [-0.05, 0) is 47.5 Å². The fourth-order valence-corrected chi connectivity index (χ4v) is 4.87. The van der Waals surface area contributed by atoms with Crippen LogP contribution in [0.2, 0.25) is 5.02 Å². The highest BCUT2D eigenvalue weighted by atomic mass is 35.5. The van der Waals surface area contributed by atoms with Crippen LogP contribution in [0.25, 0.3) is 44.3 Å². The number of hydrogen-bond acceptors (Lipinski definition) is 5. The summed E-state index contributed by atoms with van der Waals surface area (Å²) in [5, 5.41) is 11.5. The number of methoxy groups -OCH3 is 1. The normalized spacial score (nSPS) is 11.5. The number of rotatable bonds is 4. The molecule has 5 aromatic rings. The van der Waals surface area contributed by atoms with E-state index in [4.69, 9.17) is 16.3 Å². The number of aromatic amines is 1. The number of nitrogens with zero attached hydrogens (tertiary/aromatic N) is 1. The number of ether oxygens (including phenoxy) is 1. The van der Waals surface area contributed by atoms with E-state index in [1.165, 1.54) is 24.3 Å². The van der Waals surface area contributed by atoms with E-state index in [9.17, 15) is 18.1 Å². The Kier molecular flexibility index (Phi) is 6.18. The third-order valence-electron chi connectivity index (χ3n) is 5.44. The van der Waals surface area contributed by atoms with Crippen molar-refractivity contribution >= 4 is 55.9 Å². The fraction of sp³-hybridized carbons (Fsp3) is 0.0417. The molecule has 1 aromatic heterocycles. The number of aromatic hydroxyl groups is 1. The summed E-state index contributed by atoms with van der Waals surface area (Å²) >= 11 is 6.12. The van der Waals surface area contributed by atoms with Crippen molar-refractivity contribution in [2.24, 2.45) is 0 Å². The van der Waals surface area contributed by atoms with Crippen molar-refractivity contribution in [2.75, 3.05) is 7.11 Å². The second-order valence-corrected chi connectivity index (χ2v) is 9.28. The first-order valence-electron chi connectivity index (χ1n) is 9.82. The van der Waals surface area contributed by atoms with E-state index in [0.717, 1.165) is 11.1 Å². The first-order valence-corrected chi connectivity index (χ1v) is 11.6. The van der Waals surface area contributed by atoms with Gasteiger partial charge < -0.3 is 14.8 Å². The molecule has 0 unspecified atom stereocenters. The van der Waals surface area contributed by atoms with Crippen LogP contribution in [0.15, 0.2) is 71.6 Å². The lowest BCUT2D eigenvalue weighted by atomic mass is 10.0. The highest BCUT2D eigenvalue weighted by Gasteiger charge is 2.21. The molecule has 0 atom stereocenters. The van der Waals surface area contributed by atoms with Crippen LogP contribution in [0.1, 0.15) is 0 Å². The molecule has 0 amide bonds. The van der Waals surface area contributed by atoms with Gasteiger partial charge in [0.25, 0.3) is 10.1 Å². The summed E-state index contributed by atoms with van der Waals surface area (Å²) in [6, 6.07) is 18.8. The van der Waals surface area contributed by atoms with Crippen molar-refractivity contribution in [2.45, 2.75) is 4.90 Å². The molecule has 10 heteroatoms. The Balaban J connectivity index is 0.00000274. The Morgan fingerprint density at radius 1 is 1.00 bits per heavy atom. The van der Waals surface area contributed by atoms with Crippen molar-refractivity contribution in [3.63, 3.8) is 0 Å². The summed E-state index contributed by atoms with van der Waals surface area (Å²) < 4.78 is 39.3. The van der Waals surface area contributed by atoms with Crippen molar-refractivity contribution in [3.05, 3.63) is 71.8 Å². The first-order chi connectivity index (χ1) is 15.8. The molecule has 5 rings (SSSR count). The van der Waals surface area contributed by atoms with Gasteiger partial charge in [0, 0.05) is 10.4 Å². The maximum atomic E-state index is 12.0. The molecule has 0 aliphatic heterocycles. The van der Waals surface area contributed by atoms with E-state index >= 15 is 0 Å². The zero-order valence-corrected chi connectivity index (χ0v) is 20.0. The van der Waals surface area contributed by atoms with Crippen LogP contribution in [0.5, 0.6) is 11.5 Å². The molecule has 7 nitrogen and oxygen atoms in total. The summed E-state index contributed by atoms with van der Waals surface area (Å²) in [5.41, 5.74) is 3.16. The van der Waals surface area contributed by atoms with Crippen LogP contribution in [0.4, 0.5) is 0 Å². The third-order valence-corrected chi connectivity index (χ3v) is 6.57. The van der Waals surface area contributed by atoms with Gasteiger partial charge in [0.05, 0.1) is 23.6 Å². The van der Waals surface area contributed by atoms with Crippen molar-refractivity contribution < 1.29 is 22.8 Å².